The van der Waals surface area contributed by atoms with Gasteiger partial charge in [0.25, 0.3) is 11.8 Å². The van der Waals surface area contributed by atoms with Gasteiger partial charge in [0.15, 0.2) is 13.2 Å². The van der Waals surface area contributed by atoms with Crippen LogP contribution in [-0.2, 0) is 32.0 Å². The van der Waals surface area contributed by atoms with Gasteiger partial charge in [-0.15, -0.1) is 0 Å². The number of carbonyl (C=O) groups is 4. The lowest BCUT2D eigenvalue weighted by Crippen LogP contribution is -2.64. The van der Waals surface area contributed by atoms with Crippen LogP contribution < -0.4 is 20.9 Å². The Bertz CT molecular complexity index is 2290. The van der Waals surface area contributed by atoms with Gasteiger partial charge in [0.05, 0.1) is 36.8 Å². The second kappa shape index (κ2) is 21.8. The fraction of sp³-hybridized carbons (Fsp3) is 0.375. The van der Waals surface area contributed by atoms with E-state index in [-0.39, 0.29) is 37.5 Å². The van der Waals surface area contributed by atoms with Gasteiger partial charge in [0.2, 0.25) is 11.8 Å². The molecule has 0 aliphatic rings. The summed E-state index contributed by atoms with van der Waals surface area (Å²) in [5.41, 5.74) is 14.1. The summed E-state index contributed by atoms with van der Waals surface area (Å²) < 4.78 is 12.2. The fourth-order valence-electron chi connectivity index (χ4n) is 8.02. The average Bonchev–Trinajstić information content (AvgIpc) is 4.01. The van der Waals surface area contributed by atoms with Gasteiger partial charge in [-0.3, -0.25) is 29.0 Å². The van der Waals surface area contributed by atoms with Gasteiger partial charge < -0.3 is 41.1 Å². The van der Waals surface area contributed by atoms with Crippen molar-refractivity contribution in [2.75, 3.05) is 13.2 Å². The number of amides is 4. The number of rotatable bonds is 21. The molecule has 0 saturated carbocycles. The highest BCUT2D eigenvalue weighted by molar-refractivity contribution is 6.00. The number of imide groups is 2. The minimum absolute atomic E-state index is 0.000569. The molecule has 6 atom stereocenters. The molecular weight excluding hydrogens is 817 g/mol. The molecule has 8 N–H and O–H groups in total. The van der Waals surface area contributed by atoms with Crippen molar-refractivity contribution in [2.24, 2.45) is 23.3 Å². The Labute approximate surface area is 372 Å². The monoisotopic (exact) mass is 874 g/mol. The first-order valence-corrected chi connectivity index (χ1v) is 21.5. The normalized spacial score (nSPS) is 14.5. The molecule has 2 heterocycles. The molecule has 0 spiro atoms. The molecule has 0 fully saturated rings. The molecule has 0 aliphatic carbocycles. The Morgan fingerprint density at radius 3 is 1.33 bits per heavy atom. The van der Waals surface area contributed by atoms with Gasteiger partial charge in [0, 0.05) is 47.4 Å². The van der Waals surface area contributed by atoms with Crippen molar-refractivity contribution < 1.29 is 38.9 Å². The Morgan fingerprint density at radius 2 is 0.969 bits per heavy atom. The van der Waals surface area contributed by atoms with Crippen molar-refractivity contribution in [1.82, 2.24) is 29.7 Å². The summed E-state index contributed by atoms with van der Waals surface area (Å²) in [5.74, 6) is -3.06. The van der Waals surface area contributed by atoms with E-state index >= 15 is 0 Å². The standard InChI is InChI=1S/C48H58N8O8/c1-29(2)19-39(55(47(61)37(49)21-33-23-51-27-53-33)43(57)25-63-41-17-9-13-31-11-5-7-15-35(31)41)45(59)46(60)40(20-30(3)4)56(48(62)38(50)22-34-24-52-28-54-34)44(58)26-64-42-18-10-14-32-12-6-8-16-36(32)42/h5-18,23-24,27-30,37-40,45-46,59-60H,19-22,25-26,49-50H2,1-4H3,(H,51,53)(H,52,54)/t37-,38-,39-,40-,45-,46-/m0/s1. The number of fused-ring (bicyclic) bond motifs is 2. The molecule has 338 valence electrons. The number of benzene rings is 4. The van der Waals surface area contributed by atoms with Gasteiger partial charge in [-0.05, 0) is 47.6 Å². The van der Waals surface area contributed by atoms with Crippen LogP contribution in [-0.4, -0.2) is 113 Å². The van der Waals surface area contributed by atoms with Crippen LogP contribution in [0.2, 0.25) is 0 Å². The number of H-pyrrole nitrogens is 2. The topological polar surface area (TPSA) is 243 Å². The van der Waals surface area contributed by atoms with Crippen LogP contribution in [0.5, 0.6) is 11.5 Å². The number of nitrogens with two attached hydrogens (primary N) is 2. The second-order valence-electron chi connectivity index (χ2n) is 16.9. The minimum Gasteiger partial charge on any atom is -0.483 e. The predicted octanol–water partition coefficient (Wildman–Crippen LogP) is 4.30. The van der Waals surface area contributed by atoms with Crippen molar-refractivity contribution in [2.45, 2.75) is 89.8 Å². The number of ether oxygens (including phenoxy) is 2. The maximum absolute atomic E-state index is 14.6. The van der Waals surface area contributed by atoms with Crippen molar-refractivity contribution >= 4 is 45.2 Å². The van der Waals surface area contributed by atoms with Gasteiger partial charge in [-0.25, -0.2) is 9.97 Å². The number of aromatic nitrogens is 4. The van der Waals surface area contributed by atoms with Crippen LogP contribution in [0.3, 0.4) is 0 Å². The van der Waals surface area contributed by atoms with E-state index in [4.69, 9.17) is 20.9 Å². The first kappa shape index (κ1) is 47.0. The summed E-state index contributed by atoms with van der Waals surface area (Å²) in [6.45, 7) is 6.09. The van der Waals surface area contributed by atoms with E-state index in [2.05, 4.69) is 19.9 Å². The molecule has 0 bridgehead atoms. The van der Waals surface area contributed by atoms with Crippen molar-refractivity contribution in [1.29, 1.82) is 0 Å². The van der Waals surface area contributed by atoms with E-state index in [1.807, 2.05) is 88.4 Å². The van der Waals surface area contributed by atoms with Gasteiger partial charge >= 0.3 is 0 Å². The zero-order chi connectivity index (χ0) is 45.9. The summed E-state index contributed by atoms with van der Waals surface area (Å²) in [6, 6.07) is 20.3. The van der Waals surface area contributed by atoms with Crippen LogP contribution in [0.25, 0.3) is 21.5 Å². The largest absolute Gasteiger partial charge is 0.483 e. The average molecular weight is 875 g/mol. The predicted molar refractivity (Wildman–Crippen MR) is 242 cm³/mol. The molecule has 0 saturated heterocycles. The van der Waals surface area contributed by atoms with E-state index < -0.39 is 73.2 Å². The van der Waals surface area contributed by atoms with E-state index in [0.717, 1.165) is 31.3 Å². The zero-order valence-electron chi connectivity index (χ0n) is 36.5. The molecular formula is C48H58N8O8. The molecule has 0 aliphatic heterocycles. The van der Waals surface area contributed by atoms with E-state index in [9.17, 15) is 29.4 Å². The van der Waals surface area contributed by atoms with Crippen molar-refractivity contribution in [3.8, 4) is 11.5 Å². The third-order valence-corrected chi connectivity index (χ3v) is 11.1. The SMILES string of the molecule is CC(C)C[C@@H]([C@H](O)[C@@H](O)[C@H](CC(C)C)N(C(=O)COc1cccc2ccccc12)C(=O)[C@@H](N)Cc1cnc[nH]1)N(C(=O)COc1cccc2ccccc12)C(=O)[C@@H](N)Cc1cnc[nH]1. The van der Waals surface area contributed by atoms with Crippen LogP contribution in [0, 0.1) is 11.8 Å². The molecule has 4 amide bonds. The number of carbonyl (C=O) groups excluding carboxylic acids is 4. The molecule has 0 radical (unpaired) electrons. The van der Waals surface area contributed by atoms with Crippen LogP contribution in [0.4, 0.5) is 0 Å². The van der Waals surface area contributed by atoms with Gasteiger partial charge in [-0.2, -0.15) is 0 Å². The number of aliphatic hydroxyl groups excluding tert-OH is 2. The van der Waals surface area contributed by atoms with Gasteiger partial charge in [-0.1, -0.05) is 100 Å². The Kier molecular flexibility index (Phi) is 16.0. The highest BCUT2D eigenvalue weighted by Gasteiger charge is 2.46. The zero-order valence-corrected chi connectivity index (χ0v) is 36.5. The third kappa shape index (κ3) is 11.6. The summed E-state index contributed by atoms with van der Waals surface area (Å²) in [4.78, 5) is 73.9. The van der Waals surface area contributed by atoms with E-state index in [1.165, 1.54) is 25.0 Å². The molecule has 2 aromatic heterocycles. The molecule has 16 heteroatoms. The van der Waals surface area contributed by atoms with Crippen molar-refractivity contribution in [3.63, 3.8) is 0 Å². The lowest BCUT2D eigenvalue weighted by molar-refractivity contribution is -0.164. The lowest BCUT2D eigenvalue weighted by Gasteiger charge is -2.42. The molecule has 0 unspecified atom stereocenters. The molecule has 64 heavy (non-hydrogen) atoms. The highest BCUT2D eigenvalue weighted by Crippen LogP contribution is 2.29. The summed E-state index contributed by atoms with van der Waals surface area (Å²) >= 11 is 0. The number of aromatic amines is 2. The first-order valence-electron chi connectivity index (χ1n) is 21.5. The number of imidazole rings is 2. The number of hydrogen-bond acceptors (Lipinski definition) is 12. The minimum atomic E-state index is -1.91. The summed E-state index contributed by atoms with van der Waals surface area (Å²) in [7, 11) is 0. The second-order valence-corrected chi connectivity index (χ2v) is 16.9. The van der Waals surface area contributed by atoms with Gasteiger partial charge in [0.1, 0.15) is 23.7 Å². The number of nitrogens with zero attached hydrogens (tertiary/aromatic N) is 4. The molecule has 6 aromatic rings. The fourth-order valence-corrected chi connectivity index (χ4v) is 8.02. The Hall–Kier alpha value is -6.46. The van der Waals surface area contributed by atoms with Crippen LogP contribution in [0.15, 0.2) is 110 Å². The third-order valence-electron chi connectivity index (χ3n) is 11.1. The number of hydrogen-bond donors (Lipinski definition) is 6. The van der Waals surface area contributed by atoms with E-state index in [0.29, 0.717) is 22.9 Å². The maximum atomic E-state index is 14.6. The Balaban J connectivity index is 1.36. The molecule has 4 aromatic carbocycles. The number of aliphatic hydroxyl groups is 2. The molecule has 6 rings (SSSR count). The maximum Gasteiger partial charge on any atom is 0.267 e. The molecule has 16 nitrogen and oxygen atoms in total. The lowest BCUT2D eigenvalue weighted by atomic mass is 9.87. The van der Waals surface area contributed by atoms with Crippen molar-refractivity contribution in [3.05, 3.63) is 121 Å². The van der Waals surface area contributed by atoms with Crippen LogP contribution >= 0.6 is 0 Å². The summed E-state index contributed by atoms with van der Waals surface area (Å²) in [6.07, 6.45) is 2.00. The van der Waals surface area contributed by atoms with E-state index in [1.54, 1.807) is 24.3 Å². The smallest absolute Gasteiger partial charge is 0.267 e. The highest BCUT2D eigenvalue weighted by atomic mass is 16.5. The first-order chi connectivity index (χ1) is 30.7. The number of nitrogens with one attached hydrogen (secondary N) is 2. The Morgan fingerprint density at radius 1 is 0.594 bits per heavy atom. The quantitative estimate of drug-likeness (QED) is 0.0593. The summed E-state index contributed by atoms with van der Waals surface area (Å²) in [5, 5.41) is 28.2. The van der Waals surface area contributed by atoms with Crippen LogP contribution in [0.1, 0.15) is 51.9 Å².